The summed E-state index contributed by atoms with van der Waals surface area (Å²) in [6, 6.07) is 3.53. The van der Waals surface area contributed by atoms with Crippen LogP contribution in [0.1, 0.15) is 85.1 Å². The molecular formula is C26H37BrO2. The number of aromatic hydroxyl groups is 1. The molecule has 1 unspecified atom stereocenters. The highest BCUT2D eigenvalue weighted by molar-refractivity contribution is 9.10. The summed E-state index contributed by atoms with van der Waals surface area (Å²) >= 11 is 3.53. The van der Waals surface area contributed by atoms with Crippen LogP contribution in [0.25, 0.3) is 0 Å². The van der Waals surface area contributed by atoms with E-state index < -0.39 is 0 Å². The average molecular weight is 461 g/mol. The van der Waals surface area contributed by atoms with Crippen LogP contribution in [-0.4, -0.2) is 10.7 Å². The number of aryl methyl sites for hydroxylation is 1. The Morgan fingerprint density at radius 3 is 2.31 bits per heavy atom. The van der Waals surface area contributed by atoms with E-state index in [0.29, 0.717) is 5.75 Å². The van der Waals surface area contributed by atoms with Gasteiger partial charge in [0.25, 0.3) is 0 Å². The second-order valence-corrected chi connectivity index (χ2v) is 9.82. The quantitative estimate of drug-likeness (QED) is 0.374. The number of allylic oxidation sites excluding steroid dienone is 6. The van der Waals surface area contributed by atoms with Crippen molar-refractivity contribution in [1.82, 2.24) is 0 Å². The predicted octanol–water partition coefficient (Wildman–Crippen LogP) is 8.44. The van der Waals surface area contributed by atoms with E-state index in [1.54, 1.807) is 6.07 Å². The number of ether oxygens (including phenoxy) is 1. The molecule has 0 fully saturated rings. The monoisotopic (exact) mass is 460 g/mol. The fourth-order valence-electron chi connectivity index (χ4n) is 3.77. The molecule has 0 spiro atoms. The van der Waals surface area contributed by atoms with Crippen molar-refractivity contribution in [3.63, 3.8) is 0 Å². The van der Waals surface area contributed by atoms with Gasteiger partial charge in [0, 0.05) is 0 Å². The van der Waals surface area contributed by atoms with Crippen molar-refractivity contribution in [2.45, 2.75) is 91.6 Å². The highest BCUT2D eigenvalue weighted by atomic mass is 79.9. The lowest BCUT2D eigenvalue weighted by Gasteiger charge is -2.36. The molecule has 29 heavy (non-hydrogen) atoms. The number of hydrogen-bond acceptors (Lipinski definition) is 2. The van der Waals surface area contributed by atoms with Crippen molar-refractivity contribution in [3.05, 3.63) is 57.1 Å². The zero-order chi connectivity index (χ0) is 21.4. The first-order chi connectivity index (χ1) is 13.7. The zero-order valence-corrected chi connectivity index (χ0v) is 20.4. The van der Waals surface area contributed by atoms with E-state index in [-0.39, 0.29) is 5.60 Å². The van der Waals surface area contributed by atoms with Gasteiger partial charge in [0.1, 0.15) is 17.1 Å². The Bertz CT molecular complexity index is 784. The number of fused-ring (bicyclic) bond motifs is 1. The molecule has 1 aliphatic heterocycles. The molecule has 2 rings (SSSR count). The predicted molar refractivity (Wildman–Crippen MR) is 128 cm³/mol. The Hall–Kier alpha value is -1.48. The van der Waals surface area contributed by atoms with Crippen LogP contribution in [0.15, 0.2) is 51.6 Å². The van der Waals surface area contributed by atoms with Crippen LogP contribution < -0.4 is 4.74 Å². The number of benzene rings is 1. The van der Waals surface area contributed by atoms with E-state index >= 15 is 0 Å². The zero-order valence-electron chi connectivity index (χ0n) is 18.8. The summed E-state index contributed by atoms with van der Waals surface area (Å²) in [6.07, 6.45) is 15.6. The highest BCUT2D eigenvalue weighted by Crippen LogP contribution is 2.42. The second kappa shape index (κ2) is 11.1. The molecule has 1 aliphatic rings. The van der Waals surface area contributed by atoms with Crippen LogP contribution in [0.3, 0.4) is 0 Å². The van der Waals surface area contributed by atoms with Gasteiger partial charge in [-0.25, -0.2) is 0 Å². The van der Waals surface area contributed by atoms with Gasteiger partial charge in [0.2, 0.25) is 0 Å². The summed E-state index contributed by atoms with van der Waals surface area (Å²) in [5, 5.41) is 9.77. The van der Waals surface area contributed by atoms with E-state index in [9.17, 15) is 5.11 Å². The summed E-state index contributed by atoms with van der Waals surface area (Å²) in [6.45, 7) is 11.0. The van der Waals surface area contributed by atoms with E-state index in [0.717, 1.165) is 60.7 Å². The molecule has 1 atom stereocenters. The molecule has 0 aromatic heterocycles. The smallest absolute Gasteiger partial charge is 0.137 e. The van der Waals surface area contributed by atoms with Gasteiger partial charge in [-0.15, -0.1) is 0 Å². The van der Waals surface area contributed by atoms with Crippen LogP contribution in [0.2, 0.25) is 0 Å². The lowest BCUT2D eigenvalue weighted by molar-refractivity contribution is 0.0561. The highest BCUT2D eigenvalue weighted by Gasteiger charge is 2.32. The van der Waals surface area contributed by atoms with Gasteiger partial charge in [-0.1, -0.05) is 34.9 Å². The molecule has 0 aliphatic carbocycles. The second-order valence-electron chi connectivity index (χ2n) is 8.97. The largest absolute Gasteiger partial charge is 0.508 e. The Kier molecular flexibility index (Phi) is 9.07. The van der Waals surface area contributed by atoms with E-state index in [4.69, 9.17) is 4.74 Å². The van der Waals surface area contributed by atoms with Gasteiger partial charge in [0.15, 0.2) is 0 Å². The molecule has 1 heterocycles. The lowest BCUT2D eigenvalue weighted by Crippen LogP contribution is -2.36. The van der Waals surface area contributed by atoms with Crippen LogP contribution in [0, 0.1) is 0 Å². The third-order valence-corrected chi connectivity index (χ3v) is 6.25. The molecule has 2 nitrogen and oxygen atoms in total. The first kappa shape index (κ1) is 23.8. The minimum absolute atomic E-state index is 0.148. The van der Waals surface area contributed by atoms with Crippen LogP contribution in [-0.2, 0) is 6.42 Å². The number of rotatable bonds is 9. The third kappa shape index (κ3) is 8.04. The number of halogens is 1. The van der Waals surface area contributed by atoms with Gasteiger partial charge >= 0.3 is 0 Å². The van der Waals surface area contributed by atoms with E-state index in [1.165, 1.54) is 23.1 Å². The van der Waals surface area contributed by atoms with Crippen molar-refractivity contribution in [1.29, 1.82) is 0 Å². The minimum Gasteiger partial charge on any atom is -0.508 e. The molecule has 160 valence electrons. The molecule has 0 saturated heterocycles. The van der Waals surface area contributed by atoms with Crippen molar-refractivity contribution < 1.29 is 9.84 Å². The maximum Gasteiger partial charge on any atom is 0.137 e. The topological polar surface area (TPSA) is 29.5 Å². The van der Waals surface area contributed by atoms with Crippen LogP contribution in [0.5, 0.6) is 11.5 Å². The standard InChI is InChI=1S/C26H37BrO2/c1-19(2)9-6-10-20(3)11-7-12-21(4)13-8-15-26(5)16-14-22-17-23(28)18-24(27)25(22)29-26/h9,11,13,17-18,28H,6-8,10,12,14-16H2,1-5H3/b20-11+,21-13+. The third-order valence-electron chi connectivity index (χ3n) is 5.67. The van der Waals surface area contributed by atoms with Crippen molar-refractivity contribution in [2.75, 3.05) is 0 Å². The van der Waals surface area contributed by atoms with Gasteiger partial charge in [-0.3, -0.25) is 0 Å². The lowest BCUT2D eigenvalue weighted by atomic mass is 9.88. The fourth-order valence-corrected chi connectivity index (χ4v) is 4.34. The SMILES string of the molecule is CC(C)=CCC/C(C)=C/CC/C(C)=C/CCC1(C)CCc2cc(O)cc(Br)c2O1. The molecular weight excluding hydrogens is 424 g/mol. The molecule has 3 heteroatoms. The summed E-state index contributed by atoms with van der Waals surface area (Å²) < 4.78 is 7.20. The van der Waals surface area contributed by atoms with E-state index in [2.05, 4.69) is 68.8 Å². The van der Waals surface area contributed by atoms with Crippen LogP contribution in [0.4, 0.5) is 0 Å². The van der Waals surface area contributed by atoms with Crippen molar-refractivity contribution in [3.8, 4) is 11.5 Å². The molecule has 0 radical (unpaired) electrons. The van der Waals surface area contributed by atoms with Gasteiger partial charge in [-0.05, 0) is 120 Å². The summed E-state index contributed by atoms with van der Waals surface area (Å²) in [5.41, 5.74) is 5.30. The first-order valence-electron chi connectivity index (χ1n) is 10.8. The molecule has 0 amide bonds. The molecule has 1 aromatic rings. The maximum absolute atomic E-state index is 9.77. The molecule has 1 N–H and O–H groups in total. The Morgan fingerprint density at radius 2 is 1.66 bits per heavy atom. The maximum atomic E-state index is 9.77. The Morgan fingerprint density at radius 1 is 1.03 bits per heavy atom. The summed E-state index contributed by atoms with van der Waals surface area (Å²) in [7, 11) is 0. The molecule has 0 bridgehead atoms. The number of hydrogen-bond donors (Lipinski definition) is 1. The fraction of sp³-hybridized carbons (Fsp3) is 0.538. The summed E-state index contributed by atoms with van der Waals surface area (Å²) in [4.78, 5) is 0. The Balaban J connectivity index is 1.79. The van der Waals surface area contributed by atoms with Gasteiger partial charge < -0.3 is 9.84 Å². The first-order valence-corrected chi connectivity index (χ1v) is 11.6. The van der Waals surface area contributed by atoms with Crippen molar-refractivity contribution >= 4 is 15.9 Å². The van der Waals surface area contributed by atoms with Crippen molar-refractivity contribution in [2.24, 2.45) is 0 Å². The number of phenols is 1. The number of phenolic OH excluding ortho intramolecular Hbond substituents is 1. The molecule has 0 saturated carbocycles. The molecule has 1 aromatic carbocycles. The van der Waals surface area contributed by atoms with E-state index in [1.807, 2.05) is 6.07 Å². The van der Waals surface area contributed by atoms with Gasteiger partial charge in [-0.2, -0.15) is 0 Å². The average Bonchev–Trinajstić information content (AvgIpc) is 2.62. The van der Waals surface area contributed by atoms with Gasteiger partial charge in [0.05, 0.1) is 4.47 Å². The summed E-state index contributed by atoms with van der Waals surface area (Å²) in [5.74, 6) is 1.19. The minimum atomic E-state index is -0.148. The Labute approximate surface area is 185 Å². The normalized spacial score (nSPS) is 19.5. The van der Waals surface area contributed by atoms with Crippen LogP contribution >= 0.6 is 15.9 Å².